The van der Waals surface area contributed by atoms with Crippen LogP contribution in [0.15, 0.2) is 46.4 Å². The first-order valence-electron chi connectivity index (χ1n) is 14.0. The second-order valence-corrected chi connectivity index (χ2v) is 9.49. The van der Waals surface area contributed by atoms with E-state index in [2.05, 4.69) is 77.9 Å². The number of hydrogen-bond donors (Lipinski definition) is 0. The monoisotopic (exact) mass is 518 g/mol. The number of aryl methyl sites for hydroxylation is 4. The van der Waals surface area contributed by atoms with Crippen molar-refractivity contribution >= 4 is 22.8 Å². The fourth-order valence-electron chi connectivity index (χ4n) is 4.44. The molecule has 0 atom stereocenters. The molecule has 196 valence electrons. The maximum absolute atomic E-state index is 5.26. The van der Waals surface area contributed by atoms with Gasteiger partial charge in [-0.25, -0.2) is 0 Å². The standard InChI is InChI=1S/C32H48N2.Ni/c1-7-13-17-31(33-29-20-19-27(15-9-3)28(24-29)16-10-4)32(18-14-8-2)34-30-22-25(11-5)21-26(12-6)23-30;/h19-24H,7-18H2,1-6H3;. The Bertz CT molecular complexity index is 920. The van der Waals surface area contributed by atoms with Crippen LogP contribution in [-0.2, 0) is 42.2 Å². The number of unbranched alkanes of at least 4 members (excludes halogenated alkanes) is 2. The molecule has 0 aliphatic carbocycles. The van der Waals surface area contributed by atoms with Crippen molar-refractivity contribution in [2.75, 3.05) is 0 Å². The molecule has 0 N–H and O–H groups in total. The number of benzene rings is 2. The molecule has 0 aliphatic heterocycles. The van der Waals surface area contributed by atoms with Gasteiger partial charge in [-0.1, -0.05) is 79.4 Å². The fraction of sp³-hybridized carbons (Fsp3) is 0.562. The first-order valence-corrected chi connectivity index (χ1v) is 14.0. The molecule has 2 aromatic carbocycles. The molecule has 2 aromatic rings. The van der Waals surface area contributed by atoms with E-state index in [1.54, 1.807) is 0 Å². The van der Waals surface area contributed by atoms with Crippen LogP contribution in [0.2, 0.25) is 0 Å². The van der Waals surface area contributed by atoms with Crippen molar-refractivity contribution in [2.45, 2.75) is 119 Å². The molecule has 0 aromatic heterocycles. The Morgan fingerprint density at radius 2 is 1.09 bits per heavy atom. The van der Waals surface area contributed by atoms with Gasteiger partial charge < -0.3 is 0 Å². The van der Waals surface area contributed by atoms with Crippen LogP contribution >= 0.6 is 0 Å². The van der Waals surface area contributed by atoms with E-state index in [0.717, 1.165) is 62.7 Å². The Hall–Kier alpha value is -1.73. The predicted octanol–water partition coefficient (Wildman–Crippen LogP) is 9.94. The smallest absolute Gasteiger partial charge is 0.0639 e. The number of rotatable bonds is 15. The van der Waals surface area contributed by atoms with Gasteiger partial charge in [0.1, 0.15) is 0 Å². The second-order valence-electron chi connectivity index (χ2n) is 9.49. The second kappa shape index (κ2) is 17.7. The van der Waals surface area contributed by atoms with Gasteiger partial charge in [-0.05, 0) is 97.9 Å². The summed E-state index contributed by atoms with van der Waals surface area (Å²) in [5.74, 6) is 0. The molecule has 2 rings (SSSR count). The van der Waals surface area contributed by atoms with Gasteiger partial charge in [-0.15, -0.1) is 0 Å². The van der Waals surface area contributed by atoms with Crippen LogP contribution in [0, 0.1) is 0 Å². The van der Waals surface area contributed by atoms with E-state index in [1.807, 2.05) is 0 Å². The van der Waals surface area contributed by atoms with E-state index in [-0.39, 0.29) is 16.5 Å². The summed E-state index contributed by atoms with van der Waals surface area (Å²) in [6, 6.07) is 13.7. The van der Waals surface area contributed by atoms with E-state index >= 15 is 0 Å². The summed E-state index contributed by atoms with van der Waals surface area (Å²) in [6.07, 6.45) is 13.3. The van der Waals surface area contributed by atoms with Crippen molar-refractivity contribution in [3.05, 3.63) is 58.7 Å². The summed E-state index contributed by atoms with van der Waals surface area (Å²) < 4.78 is 0. The maximum atomic E-state index is 5.26. The molecule has 0 aliphatic rings. The van der Waals surface area contributed by atoms with Gasteiger partial charge in [-0.3, -0.25) is 9.98 Å². The molecule has 0 saturated heterocycles. The topological polar surface area (TPSA) is 24.7 Å². The Kier molecular flexibility index (Phi) is 15.8. The van der Waals surface area contributed by atoms with Crippen LogP contribution in [0.5, 0.6) is 0 Å². The molecular formula is C32H48N2Ni. The zero-order valence-corrected chi connectivity index (χ0v) is 24.1. The van der Waals surface area contributed by atoms with Gasteiger partial charge in [0.15, 0.2) is 0 Å². The average molecular weight is 519 g/mol. The predicted molar refractivity (Wildman–Crippen MR) is 153 cm³/mol. The van der Waals surface area contributed by atoms with Crippen LogP contribution < -0.4 is 0 Å². The van der Waals surface area contributed by atoms with Gasteiger partial charge >= 0.3 is 0 Å². The summed E-state index contributed by atoms with van der Waals surface area (Å²) in [5.41, 5.74) is 10.2. The molecular weight excluding hydrogens is 471 g/mol. The Morgan fingerprint density at radius 3 is 1.57 bits per heavy atom. The van der Waals surface area contributed by atoms with E-state index < -0.39 is 0 Å². The van der Waals surface area contributed by atoms with Crippen LogP contribution in [-0.4, -0.2) is 11.4 Å². The SMILES string of the molecule is CCCCC(=Nc1cc(CC)cc(CC)c1)C(CCCC)=Nc1ccc(CCC)c(CCC)c1.[Ni]. The largest absolute Gasteiger partial charge is 0.252 e. The number of hydrogen-bond acceptors (Lipinski definition) is 2. The molecule has 0 saturated carbocycles. The zero-order chi connectivity index (χ0) is 24.8. The first kappa shape index (κ1) is 31.3. The molecule has 0 heterocycles. The molecule has 0 bridgehead atoms. The van der Waals surface area contributed by atoms with Crippen molar-refractivity contribution in [1.29, 1.82) is 0 Å². The molecule has 3 heteroatoms. The third kappa shape index (κ3) is 10.4. The van der Waals surface area contributed by atoms with Gasteiger partial charge in [0.2, 0.25) is 0 Å². The van der Waals surface area contributed by atoms with Gasteiger partial charge in [-0.2, -0.15) is 0 Å². The molecule has 0 amide bonds. The number of nitrogens with zero attached hydrogens (tertiary/aromatic N) is 2. The minimum atomic E-state index is 0. The van der Waals surface area contributed by atoms with E-state index in [9.17, 15) is 0 Å². The minimum absolute atomic E-state index is 0. The van der Waals surface area contributed by atoms with Crippen LogP contribution in [0.25, 0.3) is 0 Å². The quantitative estimate of drug-likeness (QED) is 0.165. The molecule has 0 unspecified atom stereocenters. The number of aliphatic imine (C=N–C) groups is 2. The van der Waals surface area contributed by atoms with Crippen molar-refractivity contribution in [3.63, 3.8) is 0 Å². The average Bonchev–Trinajstić information content (AvgIpc) is 2.85. The minimum Gasteiger partial charge on any atom is -0.252 e. The van der Waals surface area contributed by atoms with Gasteiger partial charge in [0.25, 0.3) is 0 Å². The Morgan fingerprint density at radius 1 is 0.571 bits per heavy atom. The van der Waals surface area contributed by atoms with Gasteiger partial charge in [0, 0.05) is 16.5 Å². The third-order valence-corrected chi connectivity index (χ3v) is 6.48. The van der Waals surface area contributed by atoms with Gasteiger partial charge in [0.05, 0.1) is 22.8 Å². The van der Waals surface area contributed by atoms with Crippen molar-refractivity contribution in [3.8, 4) is 0 Å². The fourth-order valence-corrected chi connectivity index (χ4v) is 4.44. The summed E-state index contributed by atoms with van der Waals surface area (Å²) in [4.78, 5) is 10.5. The van der Waals surface area contributed by atoms with E-state index in [1.165, 1.54) is 59.4 Å². The third-order valence-electron chi connectivity index (χ3n) is 6.48. The summed E-state index contributed by atoms with van der Waals surface area (Å²) >= 11 is 0. The maximum Gasteiger partial charge on any atom is 0.0639 e. The molecule has 35 heavy (non-hydrogen) atoms. The molecule has 0 spiro atoms. The molecule has 0 radical (unpaired) electrons. The summed E-state index contributed by atoms with van der Waals surface area (Å²) in [6.45, 7) is 13.5. The Balaban J connectivity index is 0.00000612. The van der Waals surface area contributed by atoms with Crippen molar-refractivity contribution in [1.82, 2.24) is 0 Å². The molecule has 2 nitrogen and oxygen atoms in total. The first-order chi connectivity index (χ1) is 16.6. The summed E-state index contributed by atoms with van der Waals surface area (Å²) in [5, 5.41) is 0. The molecule has 0 fully saturated rings. The van der Waals surface area contributed by atoms with Crippen LogP contribution in [0.1, 0.15) is 115 Å². The zero-order valence-electron chi connectivity index (χ0n) is 23.2. The van der Waals surface area contributed by atoms with Crippen LogP contribution in [0.3, 0.4) is 0 Å². The van der Waals surface area contributed by atoms with E-state index in [4.69, 9.17) is 9.98 Å². The summed E-state index contributed by atoms with van der Waals surface area (Å²) in [7, 11) is 0. The van der Waals surface area contributed by atoms with E-state index in [0.29, 0.717) is 0 Å². The normalized spacial score (nSPS) is 12.1. The van der Waals surface area contributed by atoms with Crippen molar-refractivity contribution in [2.24, 2.45) is 9.98 Å². The van der Waals surface area contributed by atoms with Crippen LogP contribution in [0.4, 0.5) is 11.4 Å². The Labute approximate surface area is 226 Å². The van der Waals surface area contributed by atoms with Crippen molar-refractivity contribution < 1.29 is 16.5 Å².